The summed E-state index contributed by atoms with van der Waals surface area (Å²) in [6, 6.07) is 0. The van der Waals surface area contributed by atoms with Gasteiger partial charge in [-0.25, -0.2) is 4.57 Å². The van der Waals surface area contributed by atoms with Gasteiger partial charge in [-0.1, -0.05) is 196 Å². The molecule has 0 aliphatic rings. The highest BCUT2D eigenvalue weighted by atomic mass is 31.2. The smallest absolute Gasteiger partial charge is 0.462 e. The minimum Gasteiger partial charge on any atom is -0.462 e. The molecule has 0 bridgehead atoms. The molecule has 11 nitrogen and oxygen atoms in total. The molecule has 0 saturated heterocycles. The van der Waals surface area contributed by atoms with Crippen LogP contribution in [-0.4, -0.2) is 66.5 Å². The number of esters is 3. The van der Waals surface area contributed by atoms with Gasteiger partial charge in [0.25, 0.3) is 0 Å². The maximum atomic E-state index is 12.9. The number of hydrogen-bond donors (Lipinski definition) is 2. The lowest BCUT2D eigenvalue weighted by Crippen LogP contribution is -2.30. The number of ether oxygens (including phenoxy) is 3. The zero-order chi connectivity index (χ0) is 52.7. The molecule has 12 heteroatoms. The Balaban J connectivity index is 4.76. The zero-order valence-electron chi connectivity index (χ0n) is 45.9. The van der Waals surface area contributed by atoms with Crippen molar-refractivity contribution in [2.45, 2.75) is 264 Å². The van der Waals surface area contributed by atoms with Crippen molar-refractivity contribution in [3.05, 3.63) is 72.9 Å². The summed E-state index contributed by atoms with van der Waals surface area (Å²) in [6.45, 7) is 4.46. The van der Waals surface area contributed by atoms with Crippen molar-refractivity contribution in [2.24, 2.45) is 0 Å². The summed E-state index contributed by atoms with van der Waals surface area (Å²) in [5.74, 6) is -1.50. The Morgan fingerprint density at radius 2 is 0.722 bits per heavy atom. The lowest BCUT2D eigenvalue weighted by atomic mass is 10.1. The summed E-state index contributed by atoms with van der Waals surface area (Å²) >= 11 is 0. The summed E-state index contributed by atoms with van der Waals surface area (Å²) in [5.41, 5.74) is 0. The first-order valence-corrected chi connectivity index (χ1v) is 30.3. The van der Waals surface area contributed by atoms with E-state index in [9.17, 15) is 28.9 Å². The van der Waals surface area contributed by atoms with E-state index < -0.39 is 57.8 Å². The summed E-state index contributed by atoms with van der Waals surface area (Å²) in [4.78, 5) is 48.5. The highest BCUT2D eigenvalue weighted by Gasteiger charge is 2.28. The van der Waals surface area contributed by atoms with Crippen LogP contribution in [0.15, 0.2) is 72.9 Å². The standard InChI is InChI=1S/C60H105O11P/c1-4-7-10-13-16-19-22-25-27-28-30-32-34-37-40-43-46-49-58(62)67-53-57(71-60(64)51-48-45-42-39-36-33-29-26-23-20-17-14-11-8-5-2)55-69-72(65,66)68-54-56(52-61)70-59(63)50-47-44-41-38-35-31-24-21-18-15-12-9-6-3/h8,11,16-17,19-21,24-27,29,56-57,61H,4-7,9-10,12-15,18,22-23,28,30-55H2,1-3H3,(H,65,66)/b11-8-,19-16-,20-17-,24-21-,27-25-,29-26-. The third kappa shape index (κ3) is 51.8. The van der Waals surface area contributed by atoms with Gasteiger partial charge in [0, 0.05) is 19.3 Å². The van der Waals surface area contributed by atoms with Gasteiger partial charge < -0.3 is 24.2 Å². The third-order valence-electron chi connectivity index (χ3n) is 12.1. The normalized spacial score (nSPS) is 13.9. The SMILES string of the molecule is CC/C=C\C/C=C\C/C=C\CCCCCCCC(=O)OC(COC(=O)CCCCCCCCC/C=C\C/C=C\CCCCC)COP(=O)(O)OCC(CO)OC(=O)CCCCCCC/C=C\CCCCCC. The molecule has 0 aromatic heterocycles. The van der Waals surface area contributed by atoms with Crippen LogP contribution >= 0.6 is 7.82 Å². The fourth-order valence-corrected chi connectivity index (χ4v) is 8.47. The van der Waals surface area contributed by atoms with Gasteiger partial charge in [-0.15, -0.1) is 0 Å². The molecular weight excluding hydrogens is 928 g/mol. The molecule has 0 aliphatic carbocycles. The van der Waals surface area contributed by atoms with E-state index in [4.69, 9.17) is 23.3 Å². The molecule has 72 heavy (non-hydrogen) atoms. The van der Waals surface area contributed by atoms with Crippen LogP contribution < -0.4 is 0 Å². The number of aliphatic hydroxyl groups excluding tert-OH is 1. The first kappa shape index (κ1) is 68.9. The summed E-state index contributed by atoms with van der Waals surface area (Å²) in [6.07, 6.45) is 60.0. The average Bonchev–Trinajstić information content (AvgIpc) is 3.37. The molecule has 0 rings (SSSR count). The number of allylic oxidation sites excluding steroid dienone is 12. The molecule has 0 heterocycles. The quantitative estimate of drug-likeness (QED) is 0.0197. The number of rotatable bonds is 53. The maximum Gasteiger partial charge on any atom is 0.472 e. The van der Waals surface area contributed by atoms with Crippen LogP contribution in [0.4, 0.5) is 0 Å². The molecule has 416 valence electrons. The Morgan fingerprint density at radius 1 is 0.403 bits per heavy atom. The average molecular weight is 1030 g/mol. The van der Waals surface area contributed by atoms with Gasteiger partial charge in [-0.3, -0.25) is 23.4 Å². The number of carbonyl (C=O) groups is 3. The number of aliphatic hydroxyl groups is 1. The van der Waals surface area contributed by atoms with Crippen LogP contribution in [0.1, 0.15) is 252 Å². The van der Waals surface area contributed by atoms with Gasteiger partial charge >= 0.3 is 25.7 Å². The van der Waals surface area contributed by atoms with E-state index in [2.05, 4.69) is 93.7 Å². The van der Waals surface area contributed by atoms with Crippen LogP contribution in [0.2, 0.25) is 0 Å². The number of unbranched alkanes of at least 4 members (excludes halogenated alkanes) is 24. The van der Waals surface area contributed by atoms with Gasteiger partial charge in [0.05, 0.1) is 19.8 Å². The van der Waals surface area contributed by atoms with Crippen molar-refractivity contribution in [1.82, 2.24) is 0 Å². The Labute approximate surface area is 439 Å². The largest absolute Gasteiger partial charge is 0.472 e. The van der Waals surface area contributed by atoms with Crippen molar-refractivity contribution in [3.63, 3.8) is 0 Å². The molecule has 0 fully saturated rings. The van der Waals surface area contributed by atoms with Gasteiger partial charge in [0.15, 0.2) is 6.10 Å². The van der Waals surface area contributed by atoms with Crippen molar-refractivity contribution >= 4 is 25.7 Å². The van der Waals surface area contributed by atoms with Gasteiger partial charge in [-0.05, 0) is 109 Å². The molecule has 0 aliphatic heterocycles. The Kier molecular flexibility index (Phi) is 51.9. The molecule has 0 aromatic carbocycles. The first-order chi connectivity index (χ1) is 35.2. The van der Waals surface area contributed by atoms with E-state index in [1.165, 1.54) is 70.6 Å². The lowest BCUT2D eigenvalue weighted by molar-refractivity contribution is -0.161. The van der Waals surface area contributed by atoms with Crippen LogP contribution in [0.5, 0.6) is 0 Å². The van der Waals surface area contributed by atoms with E-state index in [-0.39, 0.29) is 25.9 Å². The number of phosphoric acid groups is 1. The van der Waals surface area contributed by atoms with E-state index in [0.29, 0.717) is 19.3 Å². The minimum absolute atomic E-state index is 0.144. The predicted octanol–water partition coefficient (Wildman–Crippen LogP) is 16.9. The summed E-state index contributed by atoms with van der Waals surface area (Å²) in [5, 5.41) is 9.80. The molecule has 3 unspecified atom stereocenters. The molecule has 0 aromatic rings. The van der Waals surface area contributed by atoms with Crippen LogP contribution in [0, 0.1) is 0 Å². The molecule has 0 spiro atoms. The van der Waals surface area contributed by atoms with Crippen molar-refractivity contribution in [1.29, 1.82) is 0 Å². The topological polar surface area (TPSA) is 155 Å². The molecule has 0 radical (unpaired) electrons. The van der Waals surface area contributed by atoms with Crippen molar-refractivity contribution in [2.75, 3.05) is 26.4 Å². The second kappa shape index (κ2) is 54.2. The second-order valence-electron chi connectivity index (χ2n) is 19.1. The molecular formula is C60H105O11P. The number of phosphoric ester groups is 1. The van der Waals surface area contributed by atoms with Gasteiger partial charge in [0.2, 0.25) is 0 Å². The number of hydrogen-bond acceptors (Lipinski definition) is 10. The fourth-order valence-electron chi connectivity index (χ4n) is 7.69. The van der Waals surface area contributed by atoms with Crippen LogP contribution in [0.25, 0.3) is 0 Å². The van der Waals surface area contributed by atoms with Crippen molar-refractivity contribution < 1.29 is 52.2 Å². The van der Waals surface area contributed by atoms with E-state index in [1.807, 2.05) is 0 Å². The van der Waals surface area contributed by atoms with Crippen LogP contribution in [0.3, 0.4) is 0 Å². The molecule has 3 atom stereocenters. The first-order valence-electron chi connectivity index (χ1n) is 28.8. The van der Waals surface area contributed by atoms with E-state index in [1.54, 1.807) is 0 Å². The van der Waals surface area contributed by atoms with Gasteiger partial charge in [0.1, 0.15) is 12.7 Å². The highest BCUT2D eigenvalue weighted by Crippen LogP contribution is 2.43. The molecule has 0 amide bonds. The summed E-state index contributed by atoms with van der Waals surface area (Å²) in [7, 11) is -4.76. The minimum atomic E-state index is -4.76. The fraction of sp³-hybridized carbons (Fsp3) is 0.750. The lowest BCUT2D eigenvalue weighted by Gasteiger charge is -2.21. The Hall–Kier alpha value is -3.08. The Morgan fingerprint density at radius 3 is 1.15 bits per heavy atom. The Bertz CT molecular complexity index is 1490. The predicted molar refractivity (Wildman–Crippen MR) is 298 cm³/mol. The van der Waals surface area contributed by atoms with E-state index >= 15 is 0 Å². The second-order valence-corrected chi connectivity index (χ2v) is 20.5. The summed E-state index contributed by atoms with van der Waals surface area (Å²) < 4.78 is 39.5. The van der Waals surface area contributed by atoms with Gasteiger partial charge in [-0.2, -0.15) is 0 Å². The highest BCUT2D eigenvalue weighted by molar-refractivity contribution is 7.47. The maximum absolute atomic E-state index is 12.9. The zero-order valence-corrected chi connectivity index (χ0v) is 46.8. The number of carbonyl (C=O) groups excluding carboxylic acids is 3. The molecule has 2 N–H and O–H groups in total. The monoisotopic (exact) mass is 1030 g/mol. The van der Waals surface area contributed by atoms with E-state index in [0.717, 1.165) is 122 Å². The van der Waals surface area contributed by atoms with Crippen LogP contribution in [-0.2, 0) is 42.2 Å². The van der Waals surface area contributed by atoms with Crippen molar-refractivity contribution in [3.8, 4) is 0 Å². The third-order valence-corrected chi connectivity index (χ3v) is 13.0. The molecule has 0 saturated carbocycles.